The molecule has 0 bridgehead atoms. The lowest BCUT2D eigenvalue weighted by molar-refractivity contribution is 0.249. The molecule has 0 saturated carbocycles. The van der Waals surface area contributed by atoms with Crippen molar-refractivity contribution in [2.75, 3.05) is 0 Å². The summed E-state index contributed by atoms with van der Waals surface area (Å²) < 4.78 is 0. The molecule has 0 aromatic carbocycles. The highest BCUT2D eigenvalue weighted by atomic mass is 15.2. The van der Waals surface area contributed by atoms with E-state index in [2.05, 4.69) is 73.4 Å². The van der Waals surface area contributed by atoms with Crippen LogP contribution in [0.2, 0.25) is 0 Å². The lowest BCUT2D eigenvalue weighted by Crippen LogP contribution is -2.39. The van der Waals surface area contributed by atoms with Gasteiger partial charge in [-0.15, -0.1) is 0 Å². The van der Waals surface area contributed by atoms with Gasteiger partial charge in [0.05, 0.1) is 6.04 Å². The molecule has 0 aliphatic heterocycles. The highest BCUT2D eigenvalue weighted by molar-refractivity contribution is 5.23. The third-order valence-electron chi connectivity index (χ3n) is 3.55. The number of hydrogen-bond donors (Lipinski definition) is 0. The Morgan fingerprint density at radius 2 is 2.17 bits per heavy atom. The molecular weight excluding hydrogens is 218 g/mol. The Morgan fingerprint density at radius 3 is 2.78 bits per heavy atom. The summed E-state index contributed by atoms with van der Waals surface area (Å²) in [5.41, 5.74) is 1.47. The molecule has 2 aliphatic carbocycles. The number of hydrogen-bond acceptors (Lipinski definition) is 1. The topological polar surface area (TPSA) is 3.24 Å². The van der Waals surface area contributed by atoms with E-state index in [1.165, 1.54) is 5.70 Å². The second-order valence-corrected chi connectivity index (χ2v) is 4.91. The van der Waals surface area contributed by atoms with Crippen molar-refractivity contribution in [1.29, 1.82) is 0 Å². The minimum Gasteiger partial charge on any atom is -0.362 e. The molecule has 0 saturated heterocycles. The molecule has 96 valence electrons. The predicted molar refractivity (Wildman–Crippen MR) is 79.3 cm³/mol. The van der Waals surface area contributed by atoms with E-state index in [-0.39, 0.29) is 0 Å². The Morgan fingerprint density at radius 1 is 1.28 bits per heavy atom. The van der Waals surface area contributed by atoms with Crippen LogP contribution in [0.1, 0.15) is 33.1 Å². The van der Waals surface area contributed by atoms with Crippen LogP contribution in [0.15, 0.2) is 60.4 Å². The van der Waals surface area contributed by atoms with Gasteiger partial charge in [-0.05, 0) is 39.2 Å². The van der Waals surface area contributed by atoms with Crippen molar-refractivity contribution < 1.29 is 0 Å². The summed E-state index contributed by atoms with van der Waals surface area (Å²) >= 11 is 0. The van der Waals surface area contributed by atoms with Crippen molar-refractivity contribution in [3.05, 3.63) is 60.4 Å². The molecule has 0 amide bonds. The van der Waals surface area contributed by atoms with Gasteiger partial charge in [-0.2, -0.15) is 0 Å². The van der Waals surface area contributed by atoms with Gasteiger partial charge in [0.25, 0.3) is 0 Å². The summed E-state index contributed by atoms with van der Waals surface area (Å²) in [5, 5.41) is 0. The van der Waals surface area contributed by atoms with E-state index in [4.69, 9.17) is 0 Å². The first-order valence-corrected chi connectivity index (χ1v) is 6.93. The van der Waals surface area contributed by atoms with Crippen molar-refractivity contribution in [1.82, 2.24) is 4.90 Å². The minimum atomic E-state index is 0.453. The fraction of sp³-hybridized carbons (Fsp3) is 0.412. The largest absolute Gasteiger partial charge is 0.362 e. The molecule has 2 rings (SSSR count). The summed E-state index contributed by atoms with van der Waals surface area (Å²) in [6.45, 7) is 4.38. The Hall–Kier alpha value is -1.50. The molecule has 0 N–H and O–H groups in total. The van der Waals surface area contributed by atoms with Gasteiger partial charge in [0.1, 0.15) is 0 Å². The van der Waals surface area contributed by atoms with Gasteiger partial charge in [-0.25, -0.2) is 0 Å². The van der Waals surface area contributed by atoms with Gasteiger partial charge >= 0.3 is 0 Å². The van der Waals surface area contributed by atoms with Gasteiger partial charge in [-0.3, -0.25) is 0 Å². The highest BCUT2D eigenvalue weighted by Crippen LogP contribution is 2.26. The van der Waals surface area contributed by atoms with Crippen molar-refractivity contribution in [2.45, 2.75) is 45.2 Å². The first-order valence-electron chi connectivity index (χ1n) is 6.93. The highest BCUT2D eigenvalue weighted by Gasteiger charge is 2.22. The fourth-order valence-corrected chi connectivity index (χ4v) is 2.73. The number of allylic oxidation sites excluding steroid dienone is 7. The normalized spacial score (nSPS) is 24.3. The van der Waals surface area contributed by atoms with E-state index in [0.717, 1.165) is 19.3 Å². The maximum absolute atomic E-state index is 2.56. The van der Waals surface area contributed by atoms with Crippen LogP contribution in [-0.2, 0) is 0 Å². The quantitative estimate of drug-likeness (QED) is 0.661. The van der Waals surface area contributed by atoms with Crippen LogP contribution in [0.5, 0.6) is 0 Å². The molecule has 18 heavy (non-hydrogen) atoms. The molecule has 0 radical (unpaired) electrons. The third kappa shape index (κ3) is 3.04. The lowest BCUT2D eigenvalue weighted by atomic mass is 10.0. The van der Waals surface area contributed by atoms with Crippen molar-refractivity contribution in [2.24, 2.45) is 0 Å². The molecule has 0 aromatic heterocycles. The van der Waals surface area contributed by atoms with E-state index >= 15 is 0 Å². The van der Waals surface area contributed by atoms with Gasteiger partial charge in [0.15, 0.2) is 0 Å². The standard InChI is InChI=1S/C17H23N/c1-3-10-15(2)18(16-11-6-4-7-12-16)17-13-8-5-9-14-17/h3-8,10-11,13,15-16H,9,12,14H2,1-2H3/b10-3-. The Balaban J connectivity index is 2.21. The summed E-state index contributed by atoms with van der Waals surface area (Å²) in [4.78, 5) is 2.56. The van der Waals surface area contributed by atoms with Crippen molar-refractivity contribution in [3.8, 4) is 0 Å². The van der Waals surface area contributed by atoms with Crippen molar-refractivity contribution >= 4 is 0 Å². The Bertz CT molecular complexity index is 409. The first-order chi connectivity index (χ1) is 8.83. The predicted octanol–water partition coefficient (Wildman–Crippen LogP) is 4.37. The minimum absolute atomic E-state index is 0.453. The van der Waals surface area contributed by atoms with E-state index in [0.29, 0.717) is 12.1 Å². The average molecular weight is 241 g/mol. The molecule has 2 aliphatic rings. The average Bonchev–Trinajstić information content (AvgIpc) is 2.42. The number of nitrogens with zero attached hydrogens (tertiary/aromatic N) is 1. The summed E-state index contributed by atoms with van der Waals surface area (Å²) in [6, 6.07) is 0.952. The second kappa shape index (κ2) is 6.44. The number of rotatable bonds is 4. The fourth-order valence-electron chi connectivity index (χ4n) is 2.73. The summed E-state index contributed by atoms with van der Waals surface area (Å²) in [7, 11) is 0. The second-order valence-electron chi connectivity index (χ2n) is 4.91. The molecule has 0 spiro atoms. The van der Waals surface area contributed by atoms with Crippen LogP contribution < -0.4 is 0 Å². The molecule has 1 heteroatoms. The van der Waals surface area contributed by atoms with Crippen LogP contribution >= 0.6 is 0 Å². The summed E-state index contributed by atoms with van der Waals surface area (Å²) in [6.07, 6.45) is 23.5. The summed E-state index contributed by atoms with van der Waals surface area (Å²) in [5.74, 6) is 0. The molecule has 2 unspecified atom stereocenters. The Labute approximate surface area is 111 Å². The van der Waals surface area contributed by atoms with Gasteiger partial charge in [0.2, 0.25) is 0 Å². The molecular formula is C17H23N. The molecule has 0 heterocycles. The lowest BCUT2D eigenvalue weighted by Gasteiger charge is -2.38. The molecule has 0 aromatic rings. The third-order valence-corrected chi connectivity index (χ3v) is 3.55. The zero-order valence-electron chi connectivity index (χ0n) is 11.4. The van der Waals surface area contributed by atoms with Gasteiger partial charge in [0, 0.05) is 11.7 Å². The SMILES string of the molecule is C/C=C\C(C)N(C1=CC=CCC1)C1C=CC=CC1. The zero-order valence-corrected chi connectivity index (χ0v) is 11.4. The molecule has 0 fully saturated rings. The van der Waals surface area contributed by atoms with E-state index in [1.54, 1.807) is 0 Å². The molecule has 1 nitrogen and oxygen atoms in total. The zero-order chi connectivity index (χ0) is 12.8. The first kappa shape index (κ1) is 12.9. The monoisotopic (exact) mass is 241 g/mol. The van der Waals surface area contributed by atoms with Crippen LogP contribution in [0.3, 0.4) is 0 Å². The Kier molecular flexibility index (Phi) is 4.63. The van der Waals surface area contributed by atoms with Crippen LogP contribution in [0, 0.1) is 0 Å². The van der Waals surface area contributed by atoms with E-state index < -0.39 is 0 Å². The smallest absolute Gasteiger partial charge is 0.0513 e. The van der Waals surface area contributed by atoms with E-state index in [9.17, 15) is 0 Å². The van der Waals surface area contributed by atoms with Crippen molar-refractivity contribution in [3.63, 3.8) is 0 Å². The molecule has 2 atom stereocenters. The van der Waals surface area contributed by atoms with Gasteiger partial charge in [-0.1, -0.05) is 48.6 Å². The maximum atomic E-state index is 2.56. The van der Waals surface area contributed by atoms with E-state index in [1.807, 2.05) is 0 Å². The van der Waals surface area contributed by atoms with Crippen LogP contribution in [-0.4, -0.2) is 17.0 Å². The van der Waals surface area contributed by atoms with Crippen LogP contribution in [0.25, 0.3) is 0 Å². The van der Waals surface area contributed by atoms with Gasteiger partial charge < -0.3 is 4.90 Å². The van der Waals surface area contributed by atoms with Crippen LogP contribution in [0.4, 0.5) is 0 Å². The maximum Gasteiger partial charge on any atom is 0.0513 e.